The van der Waals surface area contributed by atoms with Gasteiger partial charge in [0.05, 0.1) is 6.54 Å². The molecular weight excluding hydrogens is 200 g/mol. The number of H-pyrrole nitrogens is 1. The predicted molar refractivity (Wildman–Crippen MR) is 64.8 cm³/mol. The summed E-state index contributed by atoms with van der Waals surface area (Å²) in [6.07, 6.45) is 2.67. The number of carbonyl (C=O) groups excluding carboxylic acids is 1. The van der Waals surface area contributed by atoms with Crippen molar-refractivity contribution in [3.8, 4) is 0 Å². The number of nitrogens with zero attached hydrogens (tertiary/aromatic N) is 1. The Morgan fingerprint density at radius 2 is 2.19 bits per heavy atom. The molecule has 0 aromatic carbocycles. The Morgan fingerprint density at radius 1 is 1.50 bits per heavy atom. The number of ketones is 1. The topological polar surface area (TPSA) is 36.1 Å². The van der Waals surface area contributed by atoms with E-state index in [9.17, 15) is 4.79 Å². The average Bonchev–Trinajstić information content (AvgIpc) is 2.90. The lowest BCUT2D eigenvalue weighted by Crippen LogP contribution is -2.28. The first-order valence-corrected chi connectivity index (χ1v) is 5.94. The van der Waals surface area contributed by atoms with Gasteiger partial charge in [-0.05, 0) is 45.7 Å². The molecule has 0 saturated heterocycles. The van der Waals surface area contributed by atoms with E-state index in [4.69, 9.17) is 0 Å². The summed E-state index contributed by atoms with van der Waals surface area (Å²) in [5.41, 5.74) is 2.90. The van der Waals surface area contributed by atoms with E-state index in [-0.39, 0.29) is 5.78 Å². The molecule has 0 aliphatic heterocycles. The first-order chi connectivity index (χ1) is 7.56. The fourth-order valence-corrected chi connectivity index (χ4v) is 2.15. The van der Waals surface area contributed by atoms with E-state index < -0.39 is 0 Å². The van der Waals surface area contributed by atoms with Crippen LogP contribution in [0.25, 0.3) is 0 Å². The van der Waals surface area contributed by atoms with Crippen molar-refractivity contribution < 1.29 is 4.79 Å². The predicted octanol–water partition coefficient (Wildman–Crippen LogP) is 2.16. The lowest BCUT2D eigenvalue weighted by Gasteiger charge is -2.14. The largest absolute Gasteiger partial charge is 0.362 e. The molecule has 1 aliphatic rings. The van der Waals surface area contributed by atoms with Crippen molar-refractivity contribution in [1.29, 1.82) is 0 Å². The van der Waals surface area contributed by atoms with Crippen LogP contribution in [0, 0.1) is 19.8 Å². The number of likely N-dealkylation sites (N-methyl/N-ethyl adjacent to an activating group) is 1. The van der Waals surface area contributed by atoms with Crippen molar-refractivity contribution in [3.63, 3.8) is 0 Å². The van der Waals surface area contributed by atoms with Crippen molar-refractivity contribution in [2.45, 2.75) is 26.7 Å². The number of carbonyl (C=O) groups is 1. The Morgan fingerprint density at radius 3 is 2.69 bits per heavy atom. The summed E-state index contributed by atoms with van der Waals surface area (Å²) >= 11 is 0. The number of hydrogen-bond acceptors (Lipinski definition) is 2. The number of Topliss-reactive ketones (excluding diaryl/α,β-unsaturated/α-hetero) is 1. The van der Waals surface area contributed by atoms with Crippen LogP contribution in [0.3, 0.4) is 0 Å². The Kier molecular flexibility index (Phi) is 3.15. The number of rotatable bonds is 5. The zero-order valence-corrected chi connectivity index (χ0v) is 10.3. The molecule has 1 aromatic rings. The highest BCUT2D eigenvalue weighted by Crippen LogP contribution is 2.29. The summed E-state index contributed by atoms with van der Waals surface area (Å²) in [4.78, 5) is 17.3. The van der Waals surface area contributed by atoms with Crippen LogP contribution in [0.4, 0.5) is 0 Å². The molecular formula is C13H20N2O. The Labute approximate surface area is 96.8 Å². The summed E-state index contributed by atoms with van der Waals surface area (Å²) in [7, 11) is 2.03. The molecule has 0 spiro atoms. The van der Waals surface area contributed by atoms with Crippen LogP contribution in [0.1, 0.15) is 34.6 Å². The molecule has 1 fully saturated rings. The summed E-state index contributed by atoms with van der Waals surface area (Å²) in [6, 6.07) is 1.95. The molecule has 2 rings (SSSR count). The van der Waals surface area contributed by atoms with Gasteiger partial charge in [0, 0.05) is 23.5 Å². The first-order valence-electron chi connectivity index (χ1n) is 5.94. The van der Waals surface area contributed by atoms with Gasteiger partial charge in [-0.25, -0.2) is 0 Å². The van der Waals surface area contributed by atoms with Crippen LogP contribution >= 0.6 is 0 Å². The summed E-state index contributed by atoms with van der Waals surface area (Å²) in [5, 5.41) is 0. The van der Waals surface area contributed by atoms with Crippen LogP contribution in [-0.4, -0.2) is 35.8 Å². The quantitative estimate of drug-likeness (QED) is 0.772. The van der Waals surface area contributed by atoms with E-state index in [1.54, 1.807) is 0 Å². The van der Waals surface area contributed by atoms with Gasteiger partial charge >= 0.3 is 0 Å². The van der Waals surface area contributed by atoms with E-state index in [1.165, 1.54) is 12.8 Å². The third-order valence-electron chi connectivity index (χ3n) is 3.13. The highest BCUT2D eigenvalue weighted by atomic mass is 16.1. The minimum atomic E-state index is 0.227. The normalized spacial score (nSPS) is 15.8. The summed E-state index contributed by atoms with van der Waals surface area (Å²) in [5.74, 6) is 1.07. The molecule has 0 unspecified atom stereocenters. The van der Waals surface area contributed by atoms with E-state index in [0.29, 0.717) is 6.54 Å². The zero-order chi connectivity index (χ0) is 11.7. The van der Waals surface area contributed by atoms with Crippen LogP contribution in [0.2, 0.25) is 0 Å². The number of aromatic nitrogens is 1. The highest BCUT2D eigenvalue weighted by Gasteiger charge is 2.24. The second kappa shape index (κ2) is 4.42. The van der Waals surface area contributed by atoms with Crippen molar-refractivity contribution in [1.82, 2.24) is 9.88 Å². The van der Waals surface area contributed by atoms with Gasteiger partial charge in [-0.1, -0.05) is 0 Å². The van der Waals surface area contributed by atoms with Gasteiger partial charge < -0.3 is 4.98 Å². The van der Waals surface area contributed by atoms with Gasteiger partial charge in [-0.2, -0.15) is 0 Å². The van der Waals surface area contributed by atoms with Crippen LogP contribution in [0.15, 0.2) is 6.07 Å². The molecule has 0 amide bonds. The Balaban J connectivity index is 1.93. The lowest BCUT2D eigenvalue weighted by atomic mass is 10.1. The second-order valence-electron chi connectivity index (χ2n) is 5.05. The molecule has 0 radical (unpaired) electrons. The fourth-order valence-electron chi connectivity index (χ4n) is 2.15. The minimum absolute atomic E-state index is 0.227. The minimum Gasteiger partial charge on any atom is -0.362 e. The zero-order valence-electron chi connectivity index (χ0n) is 10.3. The SMILES string of the molecule is Cc1cc(C(=O)CN(C)CC2CC2)c(C)[nH]1. The van der Waals surface area contributed by atoms with Crippen LogP contribution in [0.5, 0.6) is 0 Å². The van der Waals surface area contributed by atoms with Crippen molar-refractivity contribution in [2.24, 2.45) is 5.92 Å². The molecule has 16 heavy (non-hydrogen) atoms. The molecule has 0 atom stereocenters. The smallest absolute Gasteiger partial charge is 0.178 e. The summed E-state index contributed by atoms with van der Waals surface area (Å²) < 4.78 is 0. The standard InChI is InChI=1S/C13H20N2O/c1-9-6-12(10(2)14-9)13(16)8-15(3)7-11-4-5-11/h6,11,14H,4-5,7-8H2,1-3H3. The van der Waals surface area contributed by atoms with E-state index in [2.05, 4.69) is 9.88 Å². The fraction of sp³-hybridized carbons (Fsp3) is 0.615. The van der Waals surface area contributed by atoms with E-state index in [0.717, 1.165) is 29.4 Å². The van der Waals surface area contributed by atoms with E-state index >= 15 is 0 Å². The molecule has 1 heterocycles. The third kappa shape index (κ3) is 2.73. The van der Waals surface area contributed by atoms with Crippen LogP contribution < -0.4 is 0 Å². The maximum atomic E-state index is 12.0. The first kappa shape index (κ1) is 11.4. The van der Waals surface area contributed by atoms with Crippen molar-refractivity contribution in [3.05, 3.63) is 23.0 Å². The van der Waals surface area contributed by atoms with Gasteiger partial charge in [-0.3, -0.25) is 9.69 Å². The molecule has 1 N–H and O–H groups in total. The number of nitrogens with one attached hydrogen (secondary N) is 1. The monoisotopic (exact) mass is 220 g/mol. The molecule has 1 aromatic heterocycles. The number of hydrogen-bond donors (Lipinski definition) is 1. The van der Waals surface area contributed by atoms with E-state index in [1.807, 2.05) is 27.0 Å². The molecule has 3 nitrogen and oxygen atoms in total. The molecule has 1 saturated carbocycles. The maximum absolute atomic E-state index is 12.0. The Hall–Kier alpha value is -1.09. The maximum Gasteiger partial charge on any atom is 0.178 e. The average molecular weight is 220 g/mol. The number of aryl methyl sites for hydroxylation is 2. The molecule has 88 valence electrons. The second-order valence-corrected chi connectivity index (χ2v) is 5.05. The molecule has 1 aliphatic carbocycles. The van der Waals surface area contributed by atoms with Gasteiger partial charge in [0.25, 0.3) is 0 Å². The molecule has 0 bridgehead atoms. The van der Waals surface area contributed by atoms with Gasteiger partial charge in [0.1, 0.15) is 0 Å². The Bertz CT molecular complexity index is 391. The summed E-state index contributed by atoms with van der Waals surface area (Å²) in [6.45, 7) is 5.54. The highest BCUT2D eigenvalue weighted by molar-refractivity contribution is 5.98. The van der Waals surface area contributed by atoms with Crippen molar-refractivity contribution >= 4 is 5.78 Å². The number of aromatic amines is 1. The van der Waals surface area contributed by atoms with Gasteiger partial charge in [0.2, 0.25) is 0 Å². The van der Waals surface area contributed by atoms with Gasteiger partial charge in [-0.15, -0.1) is 0 Å². The van der Waals surface area contributed by atoms with Gasteiger partial charge in [0.15, 0.2) is 5.78 Å². The van der Waals surface area contributed by atoms with Crippen LogP contribution in [-0.2, 0) is 0 Å². The van der Waals surface area contributed by atoms with Crippen molar-refractivity contribution in [2.75, 3.05) is 20.1 Å². The lowest BCUT2D eigenvalue weighted by molar-refractivity contribution is 0.0943. The third-order valence-corrected chi connectivity index (χ3v) is 3.13. The molecule has 3 heteroatoms.